The number of rotatable bonds is 9. The van der Waals surface area contributed by atoms with Crippen LogP contribution in [0.25, 0.3) is 0 Å². The Labute approximate surface area is 134 Å². The van der Waals surface area contributed by atoms with E-state index in [2.05, 4.69) is 22.2 Å². The summed E-state index contributed by atoms with van der Waals surface area (Å²) in [5.74, 6) is 0.979. The minimum absolute atomic E-state index is 0.00498. The van der Waals surface area contributed by atoms with Crippen LogP contribution in [0.15, 0.2) is 35.2 Å². The number of carbonyl (C=O) groups is 2. The SMILES string of the molecule is COC(=O)CC(C)SCC(=O)NCCSc1ccccc1. The van der Waals surface area contributed by atoms with Crippen molar-refractivity contribution in [2.45, 2.75) is 23.5 Å². The van der Waals surface area contributed by atoms with Gasteiger partial charge in [-0.1, -0.05) is 25.1 Å². The summed E-state index contributed by atoms with van der Waals surface area (Å²) in [5, 5.41) is 2.96. The van der Waals surface area contributed by atoms with Crippen LogP contribution < -0.4 is 5.32 Å². The summed E-state index contributed by atoms with van der Waals surface area (Å²) >= 11 is 3.18. The van der Waals surface area contributed by atoms with E-state index in [1.807, 2.05) is 25.1 Å². The van der Waals surface area contributed by atoms with E-state index in [9.17, 15) is 9.59 Å². The molecule has 0 spiro atoms. The highest BCUT2D eigenvalue weighted by molar-refractivity contribution is 8.00. The molecule has 0 aromatic heterocycles. The lowest BCUT2D eigenvalue weighted by atomic mass is 10.3. The van der Waals surface area contributed by atoms with Crippen molar-refractivity contribution in [1.82, 2.24) is 5.32 Å². The molecule has 1 atom stereocenters. The Hall–Kier alpha value is -1.14. The van der Waals surface area contributed by atoms with Gasteiger partial charge < -0.3 is 10.1 Å². The first kappa shape index (κ1) is 17.9. The van der Waals surface area contributed by atoms with Crippen molar-refractivity contribution in [1.29, 1.82) is 0 Å². The normalized spacial score (nSPS) is 11.7. The van der Waals surface area contributed by atoms with Crippen molar-refractivity contribution in [3.63, 3.8) is 0 Å². The van der Waals surface area contributed by atoms with Crippen LogP contribution in [0.2, 0.25) is 0 Å². The largest absolute Gasteiger partial charge is 0.469 e. The topological polar surface area (TPSA) is 55.4 Å². The first-order valence-corrected chi connectivity index (χ1v) is 8.78. The number of amides is 1. The molecule has 0 fully saturated rings. The summed E-state index contributed by atoms with van der Waals surface area (Å²) in [6.45, 7) is 2.56. The number of ether oxygens (including phenoxy) is 1. The van der Waals surface area contributed by atoms with Crippen LogP contribution in [-0.4, -0.2) is 42.3 Å². The van der Waals surface area contributed by atoms with E-state index in [1.165, 1.54) is 23.8 Å². The lowest BCUT2D eigenvalue weighted by molar-refractivity contribution is -0.140. The van der Waals surface area contributed by atoms with Gasteiger partial charge in [0.25, 0.3) is 0 Å². The van der Waals surface area contributed by atoms with E-state index in [-0.39, 0.29) is 17.1 Å². The Bertz CT molecular complexity index is 440. The van der Waals surface area contributed by atoms with Crippen molar-refractivity contribution in [2.24, 2.45) is 0 Å². The molecule has 0 saturated heterocycles. The van der Waals surface area contributed by atoms with E-state index in [0.29, 0.717) is 18.7 Å². The number of thioether (sulfide) groups is 2. The average molecular weight is 327 g/mol. The van der Waals surface area contributed by atoms with E-state index in [1.54, 1.807) is 11.8 Å². The second-order valence-electron chi connectivity index (χ2n) is 4.41. The number of esters is 1. The molecular formula is C15H21NO3S2. The molecule has 1 aromatic rings. The standard InChI is InChI=1S/C15H21NO3S2/c1-12(10-15(18)19-2)21-11-14(17)16-8-9-20-13-6-4-3-5-7-13/h3-7,12H,8-11H2,1-2H3,(H,16,17). The zero-order chi connectivity index (χ0) is 15.5. The molecule has 116 valence electrons. The van der Waals surface area contributed by atoms with E-state index < -0.39 is 0 Å². The lowest BCUT2D eigenvalue weighted by Crippen LogP contribution is -2.28. The quantitative estimate of drug-likeness (QED) is 0.429. The van der Waals surface area contributed by atoms with Gasteiger partial charge in [0, 0.05) is 22.4 Å². The Kier molecular flexibility index (Phi) is 9.01. The number of hydrogen-bond acceptors (Lipinski definition) is 5. The molecule has 1 N–H and O–H groups in total. The summed E-state index contributed by atoms with van der Waals surface area (Å²) in [4.78, 5) is 23.9. The summed E-state index contributed by atoms with van der Waals surface area (Å²) in [6, 6.07) is 10.1. The highest BCUT2D eigenvalue weighted by Gasteiger charge is 2.11. The molecule has 0 heterocycles. The summed E-state index contributed by atoms with van der Waals surface area (Å²) in [7, 11) is 1.37. The van der Waals surface area contributed by atoms with Gasteiger partial charge in [0.2, 0.25) is 5.91 Å². The molecule has 0 bridgehead atoms. The van der Waals surface area contributed by atoms with Gasteiger partial charge in [0.15, 0.2) is 0 Å². The third kappa shape index (κ3) is 8.67. The maximum absolute atomic E-state index is 11.7. The third-order valence-corrected chi connectivity index (χ3v) is 4.80. The van der Waals surface area contributed by atoms with Crippen LogP contribution in [-0.2, 0) is 14.3 Å². The third-order valence-electron chi connectivity index (χ3n) is 2.62. The van der Waals surface area contributed by atoms with Gasteiger partial charge in [-0.2, -0.15) is 0 Å². The number of hydrogen-bond donors (Lipinski definition) is 1. The fourth-order valence-corrected chi connectivity index (χ4v) is 3.10. The minimum atomic E-state index is -0.241. The summed E-state index contributed by atoms with van der Waals surface area (Å²) in [5.41, 5.74) is 0. The van der Waals surface area contributed by atoms with E-state index >= 15 is 0 Å². The van der Waals surface area contributed by atoms with Crippen molar-refractivity contribution in [2.75, 3.05) is 25.2 Å². The molecule has 1 aromatic carbocycles. The van der Waals surface area contributed by atoms with Crippen LogP contribution in [0.5, 0.6) is 0 Å². The van der Waals surface area contributed by atoms with Gasteiger partial charge in [-0.25, -0.2) is 0 Å². The first-order chi connectivity index (χ1) is 10.1. The van der Waals surface area contributed by atoms with Gasteiger partial charge in [0.1, 0.15) is 0 Å². The fraction of sp³-hybridized carbons (Fsp3) is 0.467. The summed E-state index contributed by atoms with van der Waals surface area (Å²) < 4.78 is 4.59. The molecule has 6 heteroatoms. The molecule has 21 heavy (non-hydrogen) atoms. The molecule has 4 nitrogen and oxygen atoms in total. The van der Waals surface area contributed by atoms with E-state index in [4.69, 9.17) is 0 Å². The van der Waals surface area contributed by atoms with Crippen molar-refractivity contribution in [3.8, 4) is 0 Å². The van der Waals surface area contributed by atoms with Crippen molar-refractivity contribution < 1.29 is 14.3 Å². The maximum atomic E-state index is 11.7. The van der Waals surface area contributed by atoms with Crippen molar-refractivity contribution in [3.05, 3.63) is 30.3 Å². The van der Waals surface area contributed by atoms with Crippen LogP contribution >= 0.6 is 23.5 Å². The van der Waals surface area contributed by atoms with Crippen LogP contribution in [0.1, 0.15) is 13.3 Å². The Morgan fingerprint density at radius 3 is 2.67 bits per heavy atom. The number of methoxy groups -OCH3 is 1. The first-order valence-electron chi connectivity index (χ1n) is 6.74. The second-order valence-corrected chi connectivity index (χ2v) is 7.01. The molecule has 0 saturated carbocycles. The van der Waals surface area contributed by atoms with Crippen LogP contribution in [0, 0.1) is 0 Å². The second kappa shape index (κ2) is 10.6. The van der Waals surface area contributed by atoms with Gasteiger partial charge in [-0.15, -0.1) is 23.5 Å². The average Bonchev–Trinajstić information content (AvgIpc) is 2.50. The van der Waals surface area contributed by atoms with Crippen LogP contribution in [0.3, 0.4) is 0 Å². The molecule has 1 amide bonds. The van der Waals surface area contributed by atoms with Crippen molar-refractivity contribution >= 4 is 35.4 Å². The lowest BCUT2D eigenvalue weighted by Gasteiger charge is -2.10. The maximum Gasteiger partial charge on any atom is 0.306 e. The zero-order valence-electron chi connectivity index (χ0n) is 12.3. The molecular weight excluding hydrogens is 306 g/mol. The number of benzene rings is 1. The Morgan fingerprint density at radius 2 is 2.00 bits per heavy atom. The smallest absolute Gasteiger partial charge is 0.306 e. The van der Waals surface area contributed by atoms with E-state index in [0.717, 1.165) is 5.75 Å². The number of nitrogens with one attached hydrogen (secondary N) is 1. The minimum Gasteiger partial charge on any atom is -0.469 e. The highest BCUT2D eigenvalue weighted by Crippen LogP contribution is 2.16. The highest BCUT2D eigenvalue weighted by atomic mass is 32.2. The molecule has 0 aliphatic carbocycles. The van der Waals surface area contributed by atoms with Gasteiger partial charge in [-0.05, 0) is 12.1 Å². The van der Waals surface area contributed by atoms with Crippen LogP contribution in [0.4, 0.5) is 0 Å². The molecule has 1 unspecified atom stereocenters. The molecule has 1 rings (SSSR count). The van der Waals surface area contributed by atoms with Gasteiger partial charge in [-0.3, -0.25) is 9.59 Å². The molecule has 0 radical (unpaired) electrons. The predicted octanol–water partition coefficient (Wildman–Crippen LogP) is 2.58. The Morgan fingerprint density at radius 1 is 1.29 bits per heavy atom. The Balaban J connectivity index is 2.07. The fourth-order valence-electron chi connectivity index (χ4n) is 1.52. The molecule has 0 aliphatic heterocycles. The predicted molar refractivity (Wildman–Crippen MR) is 88.7 cm³/mol. The molecule has 0 aliphatic rings. The van der Waals surface area contributed by atoms with Gasteiger partial charge in [0.05, 0.1) is 19.3 Å². The summed E-state index contributed by atoms with van der Waals surface area (Å²) in [6.07, 6.45) is 0.332. The number of carbonyl (C=O) groups excluding carboxylic acids is 2. The monoisotopic (exact) mass is 327 g/mol. The zero-order valence-corrected chi connectivity index (χ0v) is 14.0. The van der Waals surface area contributed by atoms with Gasteiger partial charge >= 0.3 is 5.97 Å².